The van der Waals surface area contributed by atoms with Crippen LogP contribution in [0, 0.1) is 0 Å². The number of alkyl carbamates (subject to hydrolysis) is 1. The first kappa shape index (κ1) is 31.6. The summed E-state index contributed by atoms with van der Waals surface area (Å²) in [5, 5.41) is 17.2. The summed E-state index contributed by atoms with van der Waals surface area (Å²) in [6.07, 6.45) is 0.938. The Morgan fingerprint density at radius 1 is 1.02 bits per heavy atom. The van der Waals surface area contributed by atoms with Crippen molar-refractivity contribution in [3.63, 3.8) is 0 Å². The Labute approximate surface area is 250 Å². The third-order valence-corrected chi connectivity index (χ3v) is 7.80. The number of carbonyl (C=O) groups excluding carboxylic acids is 2. The van der Waals surface area contributed by atoms with Gasteiger partial charge in [0.25, 0.3) is 0 Å². The number of rotatable bonds is 7. The Morgan fingerprint density at radius 2 is 1.67 bits per heavy atom. The normalized spacial score (nSPS) is 20.2. The largest absolute Gasteiger partial charge is 0.447 e. The summed E-state index contributed by atoms with van der Waals surface area (Å²) >= 11 is 0. The van der Waals surface area contributed by atoms with Crippen LogP contribution in [0.2, 0.25) is 0 Å². The number of benzene rings is 2. The highest BCUT2D eigenvalue weighted by Crippen LogP contribution is 2.40. The van der Waals surface area contributed by atoms with Gasteiger partial charge >= 0.3 is 12.2 Å². The average molecular weight is 581 g/mol. The van der Waals surface area contributed by atoms with Gasteiger partial charge in [0.1, 0.15) is 11.8 Å². The van der Waals surface area contributed by atoms with Crippen LogP contribution < -0.4 is 15.5 Å². The molecule has 2 aliphatic heterocycles. The first-order chi connectivity index (χ1) is 19.8. The zero-order valence-electron chi connectivity index (χ0n) is 26.1. The molecule has 1 unspecified atom stereocenters. The fraction of sp³-hybridized carbons (Fsp3) is 0.576. The molecule has 3 atom stereocenters. The lowest BCUT2D eigenvalue weighted by molar-refractivity contribution is 0.0198. The first-order valence-corrected chi connectivity index (χ1v) is 15.2. The second kappa shape index (κ2) is 13.3. The number of nitrogens with one attached hydrogen (secondary N) is 2. The molecule has 230 valence electrons. The van der Waals surface area contributed by atoms with E-state index in [9.17, 15) is 14.7 Å². The van der Waals surface area contributed by atoms with Crippen LogP contribution in [0.15, 0.2) is 42.5 Å². The fourth-order valence-corrected chi connectivity index (χ4v) is 5.83. The molecule has 1 fully saturated rings. The molecule has 2 amide bonds. The van der Waals surface area contributed by atoms with Gasteiger partial charge in [-0.25, -0.2) is 9.59 Å². The van der Waals surface area contributed by atoms with E-state index in [1.807, 2.05) is 45.6 Å². The van der Waals surface area contributed by atoms with Gasteiger partial charge in [-0.2, -0.15) is 0 Å². The van der Waals surface area contributed by atoms with Crippen LogP contribution in [-0.4, -0.2) is 65.3 Å². The number of aliphatic hydroxyl groups is 1. The molecule has 9 nitrogen and oxygen atoms in total. The summed E-state index contributed by atoms with van der Waals surface area (Å²) in [4.78, 5) is 28.6. The molecule has 0 bridgehead atoms. The lowest BCUT2D eigenvalue weighted by Crippen LogP contribution is -2.47. The first-order valence-electron chi connectivity index (χ1n) is 15.2. The molecule has 0 aromatic heterocycles. The number of hydrogen-bond acceptors (Lipinski definition) is 7. The molecule has 2 aromatic rings. The van der Waals surface area contributed by atoms with Crippen molar-refractivity contribution in [1.82, 2.24) is 15.5 Å². The van der Waals surface area contributed by atoms with Crippen LogP contribution in [-0.2, 0) is 16.0 Å². The van der Waals surface area contributed by atoms with Crippen LogP contribution in [0.4, 0.5) is 15.3 Å². The quantitative estimate of drug-likeness (QED) is 0.372. The molecule has 2 aromatic carbocycles. The maximum absolute atomic E-state index is 12.5. The summed E-state index contributed by atoms with van der Waals surface area (Å²) in [6, 6.07) is 14.9. The monoisotopic (exact) mass is 580 g/mol. The zero-order valence-corrected chi connectivity index (χ0v) is 26.1. The van der Waals surface area contributed by atoms with Gasteiger partial charge in [-0.05, 0) is 102 Å². The van der Waals surface area contributed by atoms with E-state index in [0.29, 0.717) is 25.6 Å². The third kappa shape index (κ3) is 8.16. The number of hydrogen-bond donors (Lipinski definition) is 3. The summed E-state index contributed by atoms with van der Waals surface area (Å²) in [5.74, 6) is 0. The van der Waals surface area contributed by atoms with Gasteiger partial charge in [0.15, 0.2) is 0 Å². The summed E-state index contributed by atoms with van der Waals surface area (Å²) in [6.45, 7) is 15.3. The van der Waals surface area contributed by atoms with E-state index in [-0.39, 0.29) is 24.3 Å². The van der Waals surface area contributed by atoms with Crippen molar-refractivity contribution in [3.8, 4) is 11.1 Å². The summed E-state index contributed by atoms with van der Waals surface area (Å²) < 4.78 is 10.9. The number of piperidine rings is 1. The number of ether oxygens (including phenoxy) is 2. The number of carbonyl (C=O) groups is 2. The molecular weight excluding hydrogens is 532 g/mol. The molecule has 0 saturated carbocycles. The lowest BCUT2D eigenvalue weighted by atomic mass is 9.89. The van der Waals surface area contributed by atoms with Crippen molar-refractivity contribution in [2.75, 3.05) is 18.0 Å². The Balaban J connectivity index is 1.40. The van der Waals surface area contributed by atoms with Gasteiger partial charge in [-0.3, -0.25) is 0 Å². The van der Waals surface area contributed by atoms with Gasteiger partial charge < -0.3 is 35.0 Å². The van der Waals surface area contributed by atoms with E-state index in [1.165, 1.54) is 5.56 Å². The van der Waals surface area contributed by atoms with Crippen LogP contribution in [0.25, 0.3) is 11.1 Å². The van der Waals surface area contributed by atoms with Crippen LogP contribution >= 0.6 is 0 Å². The highest BCUT2D eigenvalue weighted by molar-refractivity contribution is 5.73. The topological polar surface area (TPSA) is 103 Å². The predicted octanol–water partition coefficient (Wildman–Crippen LogP) is 5.96. The van der Waals surface area contributed by atoms with Crippen molar-refractivity contribution in [3.05, 3.63) is 53.6 Å². The minimum Gasteiger partial charge on any atom is -0.447 e. The van der Waals surface area contributed by atoms with Crippen molar-refractivity contribution in [2.45, 2.75) is 110 Å². The smallest absolute Gasteiger partial charge is 0.410 e. The number of fused-ring (bicyclic) bond motifs is 1. The van der Waals surface area contributed by atoms with E-state index in [2.05, 4.69) is 54.0 Å². The van der Waals surface area contributed by atoms with E-state index < -0.39 is 17.9 Å². The molecule has 9 heteroatoms. The van der Waals surface area contributed by atoms with Crippen molar-refractivity contribution < 1.29 is 24.2 Å². The van der Waals surface area contributed by atoms with Crippen molar-refractivity contribution in [1.29, 1.82) is 0 Å². The van der Waals surface area contributed by atoms with Gasteiger partial charge in [0.05, 0.1) is 12.1 Å². The van der Waals surface area contributed by atoms with Gasteiger partial charge in [-0.1, -0.05) is 30.3 Å². The molecule has 1 saturated heterocycles. The Hall–Kier alpha value is -3.30. The van der Waals surface area contributed by atoms with E-state index >= 15 is 0 Å². The van der Waals surface area contributed by atoms with Crippen LogP contribution in [0.3, 0.4) is 0 Å². The molecule has 3 N–H and O–H groups in total. The van der Waals surface area contributed by atoms with Crippen molar-refractivity contribution >= 4 is 17.9 Å². The maximum atomic E-state index is 12.5. The molecule has 0 spiro atoms. The maximum Gasteiger partial charge on any atom is 0.410 e. The molecular formula is C33H48N4O5. The Morgan fingerprint density at radius 3 is 2.26 bits per heavy atom. The molecule has 42 heavy (non-hydrogen) atoms. The minimum absolute atomic E-state index is 0.0454. The second-order valence-corrected chi connectivity index (χ2v) is 12.9. The van der Waals surface area contributed by atoms with Crippen LogP contribution in [0.1, 0.15) is 84.9 Å². The van der Waals surface area contributed by atoms with E-state index in [1.54, 1.807) is 11.8 Å². The average Bonchev–Trinajstić information content (AvgIpc) is 2.90. The van der Waals surface area contributed by atoms with Gasteiger partial charge in [0.2, 0.25) is 0 Å². The fourth-order valence-electron chi connectivity index (χ4n) is 5.83. The third-order valence-electron chi connectivity index (χ3n) is 7.80. The molecule has 0 radical (unpaired) electrons. The van der Waals surface area contributed by atoms with Crippen LogP contribution in [0.5, 0.6) is 0 Å². The second-order valence-electron chi connectivity index (χ2n) is 12.9. The number of nitrogens with zero attached hydrogens (tertiary/aromatic N) is 2. The Kier molecular flexibility index (Phi) is 10.0. The summed E-state index contributed by atoms with van der Waals surface area (Å²) in [5.41, 5.74) is 4.73. The highest BCUT2D eigenvalue weighted by atomic mass is 16.6. The van der Waals surface area contributed by atoms with Gasteiger partial charge in [-0.15, -0.1) is 0 Å². The molecule has 0 aliphatic carbocycles. The lowest BCUT2D eigenvalue weighted by Gasteiger charge is -2.42. The molecule has 2 aliphatic rings. The van der Waals surface area contributed by atoms with Gasteiger partial charge in [0, 0.05) is 37.4 Å². The highest BCUT2D eigenvalue weighted by Gasteiger charge is 2.34. The molecule has 4 rings (SSSR count). The number of amides is 2. The standard InChI is InChI=1S/C33H48N4O5/c1-21(2)41-31(39)35-29-18-22(3)37(23(4)38)30-13-12-26(19-28(29)30)25-10-8-24(9-11-25)20-34-27-14-16-36(17-15-27)32(40)42-33(5,6)7/h8-13,19,21-23,27,29,34,38H,14-18,20H2,1-7H3,(H,35,39)/t22-,23?,29+/m0/s1. The van der Waals surface area contributed by atoms with Crippen molar-refractivity contribution in [2.24, 2.45) is 0 Å². The SMILES string of the molecule is CC(C)OC(=O)N[C@@H]1C[C@H](C)N(C(C)O)c2ccc(-c3ccc(CNC4CCN(C(=O)OC(C)(C)C)CC4)cc3)cc21. The summed E-state index contributed by atoms with van der Waals surface area (Å²) in [7, 11) is 0. The Bertz CT molecular complexity index is 1220. The van der Waals surface area contributed by atoms with E-state index in [4.69, 9.17) is 9.47 Å². The number of anilines is 1. The minimum atomic E-state index is -0.649. The number of likely N-dealkylation sites (tertiary alicyclic amines) is 1. The number of aliphatic hydroxyl groups excluding tert-OH is 1. The predicted molar refractivity (Wildman–Crippen MR) is 165 cm³/mol. The molecule has 2 heterocycles. The zero-order chi connectivity index (χ0) is 30.6. The van der Waals surface area contributed by atoms with E-state index in [0.717, 1.165) is 41.8 Å².